The predicted octanol–water partition coefficient (Wildman–Crippen LogP) is 3.89. The molecule has 2 nitrogen and oxygen atoms in total. The Hall–Kier alpha value is -1.61. The van der Waals surface area contributed by atoms with Crippen LogP contribution >= 0.6 is 0 Å². The molecule has 1 aromatic carbocycles. The minimum atomic E-state index is -0.187. The first-order valence-corrected chi connectivity index (χ1v) is 6.83. The predicted molar refractivity (Wildman–Crippen MR) is 76.4 cm³/mol. The van der Waals surface area contributed by atoms with Crippen molar-refractivity contribution in [2.75, 3.05) is 0 Å². The highest BCUT2D eigenvalue weighted by Crippen LogP contribution is 2.14. The molecule has 0 aliphatic heterocycles. The number of halogens is 1. The highest BCUT2D eigenvalue weighted by molar-refractivity contribution is 5.19. The van der Waals surface area contributed by atoms with E-state index in [1.807, 2.05) is 12.1 Å². The summed E-state index contributed by atoms with van der Waals surface area (Å²) in [6.45, 7) is 6.15. The SMILES string of the molecule is CCCn1cccc1CNC(C)c1ccc(F)cc1. The molecule has 0 fully saturated rings. The van der Waals surface area contributed by atoms with Gasteiger partial charge in [0.2, 0.25) is 0 Å². The Morgan fingerprint density at radius 2 is 1.95 bits per heavy atom. The summed E-state index contributed by atoms with van der Waals surface area (Å²) >= 11 is 0. The van der Waals surface area contributed by atoms with Gasteiger partial charge in [-0.1, -0.05) is 19.1 Å². The zero-order chi connectivity index (χ0) is 13.7. The van der Waals surface area contributed by atoms with Crippen LogP contribution in [0.1, 0.15) is 37.6 Å². The van der Waals surface area contributed by atoms with Crippen LogP contribution in [-0.2, 0) is 13.1 Å². The van der Waals surface area contributed by atoms with Crippen molar-refractivity contribution in [1.29, 1.82) is 0 Å². The van der Waals surface area contributed by atoms with Crippen LogP contribution in [0.5, 0.6) is 0 Å². The lowest BCUT2D eigenvalue weighted by atomic mass is 10.1. The molecule has 0 aliphatic carbocycles. The lowest BCUT2D eigenvalue weighted by Gasteiger charge is -2.15. The van der Waals surface area contributed by atoms with E-state index in [4.69, 9.17) is 0 Å². The van der Waals surface area contributed by atoms with Gasteiger partial charge in [0.15, 0.2) is 0 Å². The Balaban J connectivity index is 1.94. The minimum Gasteiger partial charge on any atom is -0.350 e. The fourth-order valence-corrected chi connectivity index (χ4v) is 2.20. The van der Waals surface area contributed by atoms with Crippen molar-refractivity contribution < 1.29 is 4.39 Å². The first-order valence-electron chi connectivity index (χ1n) is 6.83. The van der Waals surface area contributed by atoms with Crippen molar-refractivity contribution in [3.63, 3.8) is 0 Å². The number of nitrogens with zero attached hydrogens (tertiary/aromatic N) is 1. The van der Waals surface area contributed by atoms with Crippen LogP contribution in [0.2, 0.25) is 0 Å². The molecule has 0 amide bonds. The number of aromatic nitrogens is 1. The van der Waals surface area contributed by atoms with Gasteiger partial charge in [0, 0.05) is 31.0 Å². The molecule has 2 aromatic rings. The molecule has 1 aromatic heterocycles. The quantitative estimate of drug-likeness (QED) is 0.834. The van der Waals surface area contributed by atoms with Gasteiger partial charge in [-0.2, -0.15) is 0 Å². The van der Waals surface area contributed by atoms with E-state index in [0.29, 0.717) is 0 Å². The summed E-state index contributed by atoms with van der Waals surface area (Å²) in [7, 11) is 0. The van der Waals surface area contributed by atoms with Crippen LogP contribution < -0.4 is 5.32 Å². The van der Waals surface area contributed by atoms with E-state index in [9.17, 15) is 4.39 Å². The van der Waals surface area contributed by atoms with Gasteiger partial charge in [-0.05, 0) is 43.2 Å². The Morgan fingerprint density at radius 1 is 1.21 bits per heavy atom. The molecule has 0 bridgehead atoms. The summed E-state index contributed by atoms with van der Waals surface area (Å²) in [5, 5.41) is 3.48. The molecule has 1 unspecified atom stereocenters. The van der Waals surface area contributed by atoms with Crippen LogP contribution in [0.25, 0.3) is 0 Å². The number of hydrogen-bond acceptors (Lipinski definition) is 1. The Kier molecular flexibility index (Phi) is 4.74. The van der Waals surface area contributed by atoms with E-state index in [0.717, 1.165) is 25.1 Å². The van der Waals surface area contributed by atoms with Crippen molar-refractivity contribution in [3.8, 4) is 0 Å². The van der Waals surface area contributed by atoms with Gasteiger partial charge >= 0.3 is 0 Å². The molecule has 1 N–H and O–H groups in total. The second-order valence-electron chi connectivity index (χ2n) is 4.85. The van der Waals surface area contributed by atoms with Crippen molar-refractivity contribution in [2.45, 2.75) is 39.4 Å². The smallest absolute Gasteiger partial charge is 0.123 e. The third-order valence-electron chi connectivity index (χ3n) is 3.35. The molecule has 0 aliphatic rings. The fraction of sp³-hybridized carbons (Fsp3) is 0.375. The lowest BCUT2D eigenvalue weighted by Crippen LogP contribution is -2.20. The van der Waals surface area contributed by atoms with Crippen molar-refractivity contribution in [2.24, 2.45) is 0 Å². The van der Waals surface area contributed by atoms with E-state index in [1.165, 1.54) is 17.8 Å². The zero-order valence-electron chi connectivity index (χ0n) is 11.6. The Morgan fingerprint density at radius 3 is 2.63 bits per heavy atom. The summed E-state index contributed by atoms with van der Waals surface area (Å²) in [6, 6.07) is 11.1. The summed E-state index contributed by atoms with van der Waals surface area (Å²) in [5.41, 5.74) is 2.39. The summed E-state index contributed by atoms with van der Waals surface area (Å²) in [4.78, 5) is 0. The molecule has 19 heavy (non-hydrogen) atoms. The van der Waals surface area contributed by atoms with Gasteiger partial charge in [0.1, 0.15) is 5.82 Å². The normalized spacial score (nSPS) is 12.6. The highest BCUT2D eigenvalue weighted by atomic mass is 19.1. The Bertz CT molecular complexity index is 502. The van der Waals surface area contributed by atoms with E-state index < -0.39 is 0 Å². The zero-order valence-corrected chi connectivity index (χ0v) is 11.6. The van der Waals surface area contributed by atoms with Gasteiger partial charge in [-0.3, -0.25) is 0 Å². The van der Waals surface area contributed by atoms with Crippen molar-refractivity contribution in [1.82, 2.24) is 9.88 Å². The second-order valence-corrected chi connectivity index (χ2v) is 4.85. The number of hydrogen-bond donors (Lipinski definition) is 1. The van der Waals surface area contributed by atoms with Gasteiger partial charge in [0.05, 0.1) is 0 Å². The molecule has 0 saturated carbocycles. The van der Waals surface area contributed by atoms with Gasteiger partial charge in [-0.25, -0.2) is 4.39 Å². The van der Waals surface area contributed by atoms with E-state index in [2.05, 4.69) is 42.1 Å². The molecule has 2 rings (SSSR count). The summed E-state index contributed by atoms with van der Waals surface area (Å²) in [6.07, 6.45) is 3.25. The molecule has 0 spiro atoms. The maximum Gasteiger partial charge on any atom is 0.123 e. The Labute approximate surface area is 114 Å². The summed E-state index contributed by atoms with van der Waals surface area (Å²) in [5.74, 6) is -0.187. The number of nitrogens with one attached hydrogen (secondary N) is 1. The third-order valence-corrected chi connectivity index (χ3v) is 3.35. The first-order chi connectivity index (χ1) is 9.20. The van der Waals surface area contributed by atoms with Crippen LogP contribution in [0.15, 0.2) is 42.6 Å². The fourth-order valence-electron chi connectivity index (χ4n) is 2.20. The highest BCUT2D eigenvalue weighted by Gasteiger charge is 2.06. The van der Waals surface area contributed by atoms with Crippen LogP contribution in [0, 0.1) is 5.82 Å². The monoisotopic (exact) mass is 260 g/mol. The maximum atomic E-state index is 12.9. The summed E-state index contributed by atoms with van der Waals surface area (Å²) < 4.78 is 15.1. The topological polar surface area (TPSA) is 17.0 Å². The van der Waals surface area contributed by atoms with Crippen LogP contribution in [-0.4, -0.2) is 4.57 Å². The van der Waals surface area contributed by atoms with Gasteiger partial charge in [-0.15, -0.1) is 0 Å². The van der Waals surface area contributed by atoms with E-state index in [-0.39, 0.29) is 11.9 Å². The largest absolute Gasteiger partial charge is 0.350 e. The first kappa shape index (κ1) is 13.8. The standard InChI is InChI=1S/C16H21FN2/c1-3-10-19-11-4-5-16(19)12-18-13(2)14-6-8-15(17)9-7-14/h4-9,11,13,18H,3,10,12H2,1-2H3. The maximum absolute atomic E-state index is 12.9. The molecule has 1 atom stereocenters. The molecule has 0 radical (unpaired) electrons. The molecular formula is C16H21FN2. The molecule has 0 saturated heterocycles. The van der Waals surface area contributed by atoms with Crippen LogP contribution in [0.3, 0.4) is 0 Å². The second kappa shape index (κ2) is 6.53. The molecule has 102 valence electrons. The van der Waals surface area contributed by atoms with Crippen molar-refractivity contribution in [3.05, 3.63) is 59.7 Å². The van der Waals surface area contributed by atoms with Gasteiger partial charge in [0.25, 0.3) is 0 Å². The average molecular weight is 260 g/mol. The van der Waals surface area contributed by atoms with E-state index in [1.54, 1.807) is 0 Å². The van der Waals surface area contributed by atoms with Crippen molar-refractivity contribution >= 4 is 0 Å². The van der Waals surface area contributed by atoms with Crippen LogP contribution in [0.4, 0.5) is 4.39 Å². The third kappa shape index (κ3) is 3.67. The number of aryl methyl sites for hydroxylation is 1. The molecular weight excluding hydrogens is 239 g/mol. The minimum absolute atomic E-state index is 0.187. The van der Waals surface area contributed by atoms with E-state index >= 15 is 0 Å². The molecule has 1 heterocycles. The molecule has 3 heteroatoms. The van der Waals surface area contributed by atoms with Gasteiger partial charge < -0.3 is 9.88 Å². The average Bonchev–Trinajstić information content (AvgIpc) is 2.85. The number of benzene rings is 1. The lowest BCUT2D eigenvalue weighted by molar-refractivity contribution is 0.540. The number of rotatable bonds is 6.